The minimum atomic E-state index is -3.75. The summed E-state index contributed by atoms with van der Waals surface area (Å²) in [7, 11) is -5.29. The third-order valence-corrected chi connectivity index (χ3v) is 6.67. The van der Waals surface area contributed by atoms with Crippen LogP contribution in [0.2, 0.25) is 0 Å². The lowest BCUT2D eigenvalue weighted by Gasteiger charge is -2.22. The van der Waals surface area contributed by atoms with Gasteiger partial charge in [0.2, 0.25) is 10.0 Å². The summed E-state index contributed by atoms with van der Waals surface area (Å²) in [4.78, 5) is 0. The molecule has 2 heterocycles. The van der Waals surface area contributed by atoms with E-state index in [1.54, 1.807) is 7.05 Å². The Morgan fingerprint density at radius 2 is 2.05 bits per heavy atom. The number of sulfonamides is 1. The molecule has 0 aromatic carbocycles. The van der Waals surface area contributed by atoms with E-state index in [4.69, 9.17) is 5.26 Å². The Kier molecular flexibility index (Phi) is 3.75. The smallest absolute Gasteiger partial charge is 0.236 e. The summed E-state index contributed by atoms with van der Waals surface area (Å²) in [6.45, 7) is 0. The molecule has 0 saturated carbocycles. The van der Waals surface area contributed by atoms with Gasteiger partial charge in [-0.1, -0.05) is 0 Å². The second kappa shape index (κ2) is 5.06. The zero-order chi connectivity index (χ0) is 15.0. The molecule has 110 valence electrons. The quantitative estimate of drug-likeness (QED) is 0.810. The van der Waals surface area contributed by atoms with Crippen molar-refractivity contribution in [2.24, 2.45) is 7.05 Å². The van der Waals surface area contributed by atoms with E-state index in [1.165, 1.54) is 10.9 Å². The molecule has 20 heavy (non-hydrogen) atoms. The van der Waals surface area contributed by atoms with Crippen molar-refractivity contribution >= 4 is 25.7 Å². The molecule has 1 aliphatic heterocycles. The van der Waals surface area contributed by atoms with Crippen molar-refractivity contribution in [1.29, 1.82) is 5.26 Å². The summed E-state index contributed by atoms with van der Waals surface area (Å²) in [6, 6.07) is 1.85. The Balaban J connectivity index is 2.18. The van der Waals surface area contributed by atoms with Crippen molar-refractivity contribution in [1.82, 2.24) is 9.78 Å². The molecule has 2 rings (SSSR count). The molecule has 0 spiro atoms. The van der Waals surface area contributed by atoms with Crippen molar-refractivity contribution in [3.05, 3.63) is 11.8 Å². The van der Waals surface area contributed by atoms with E-state index in [-0.39, 0.29) is 35.7 Å². The summed E-state index contributed by atoms with van der Waals surface area (Å²) in [6.07, 6.45) is 1.53. The Hall–Kier alpha value is -1.60. The molecule has 0 bridgehead atoms. The van der Waals surface area contributed by atoms with E-state index in [1.807, 2.05) is 6.07 Å². The van der Waals surface area contributed by atoms with Gasteiger partial charge < -0.3 is 0 Å². The SMILES string of the molecule is Cn1cc(C#N)c(NS(=O)(=O)C2CCS(=O)(=O)CC2)n1. The van der Waals surface area contributed by atoms with E-state index < -0.39 is 25.1 Å². The molecule has 1 aliphatic rings. The predicted octanol–water partition coefficient (Wildman–Crippen LogP) is -0.389. The van der Waals surface area contributed by atoms with Gasteiger partial charge in [-0.05, 0) is 12.8 Å². The normalized spacial score (nSPS) is 19.4. The van der Waals surface area contributed by atoms with Crippen LogP contribution in [-0.2, 0) is 26.9 Å². The summed E-state index contributed by atoms with van der Waals surface area (Å²) >= 11 is 0. The molecule has 1 saturated heterocycles. The molecular weight excluding hydrogens is 304 g/mol. The second-order valence-corrected chi connectivity index (χ2v) is 8.94. The first-order valence-electron chi connectivity index (χ1n) is 5.89. The van der Waals surface area contributed by atoms with Crippen molar-refractivity contribution < 1.29 is 16.8 Å². The maximum Gasteiger partial charge on any atom is 0.236 e. The Morgan fingerprint density at radius 3 is 2.60 bits per heavy atom. The first kappa shape index (κ1) is 14.8. The van der Waals surface area contributed by atoms with Gasteiger partial charge in [-0.3, -0.25) is 9.40 Å². The molecule has 0 amide bonds. The van der Waals surface area contributed by atoms with Gasteiger partial charge in [-0.2, -0.15) is 10.4 Å². The summed E-state index contributed by atoms with van der Waals surface area (Å²) < 4.78 is 50.6. The van der Waals surface area contributed by atoms with Gasteiger partial charge in [-0.25, -0.2) is 16.8 Å². The van der Waals surface area contributed by atoms with E-state index in [0.29, 0.717) is 0 Å². The Labute approximate surface area is 117 Å². The molecule has 0 radical (unpaired) electrons. The second-order valence-electron chi connectivity index (χ2n) is 4.68. The summed E-state index contributed by atoms with van der Waals surface area (Å²) in [5.41, 5.74) is 0.125. The first-order valence-corrected chi connectivity index (χ1v) is 9.26. The molecule has 0 unspecified atom stereocenters. The Bertz CT molecular complexity index is 744. The van der Waals surface area contributed by atoms with Crippen LogP contribution in [0.25, 0.3) is 0 Å². The van der Waals surface area contributed by atoms with Crippen LogP contribution in [0.3, 0.4) is 0 Å². The lowest BCUT2D eigenvalue weighted by Crippen LogP contribution is -2.36. The lowest BCUT2D eigenvalue weighted by molar-refractivity contribution is 0.555. The maximum absolute atomic E-state index is 12.2. The van der Waals surface area contributed by atoms with Gasteiger partial charge in [0.15, 0.2) is 5.82 Å². The van der Waals surface area contributed by atoms with Crippen LogP contribution in [0.1, 0.15) is 18.4 Å². The van der Waals surface area contributed by atoms with Crippen LogP contribution >= 0.6 is 0 Å². The molecule has 0 aliphatic carbocycles. The van der Waals surface area contributed by atoms with Crippen LogP contribution in [0.15, 0.2) is 6.20 Å². The molecule has 1 fully saturated rings. The molecule has 1 N–H and O–H groups in total. The van der Waals surface area contributed by atoms with Crippen molar-refractivity contribution in [2.75, 3.05) is 16.2 Å². The number of sulfone groups is 1. The monoisotopic (exact) mass is 318 g/mol. The number of anilines is 1. The van der Waals surface area contributed by atoms with Gasteiger partial charge >= 0.3 is 0 Å². The van der Waals surface area contributed by atoms with Crippen LogP contribution in [0, 0.1) is 11.3 Å². The lowest BCUT2D eigenvalue weighted by atomic mass is 10.2. The largest absolute Gasteiger partial charge is 0.272 e. The molecule has 8 nitrogen and oxygen atoms in total. The van der Waals surface area contributed by atoms with Crippen molar-refractivity contribution in [3.8, 4) is 6.07 Å². The number of nitrogens with one attached hydrogen (secondary N) is 1. The first-order chi connectivity index (χ1) is 9.23. The summed E-state index contributed by atoms with van der Waals surface area (Å²) in [5, 5.41) is 12.0. The minimum Gasteiger partial charge on any atom is -0.272 e. The molecular formula is C10H14N4O4S2. The predicted molar refractivity (Wildman–Crippen MR) is 72.1 cm³/mol. The third kappa shape index (κ3) is 3.10. The number of aromatic nitrogens is 2. The standard InChI is InChI=1S/C10H14N4O4S2/c1-14-7-8(6-11)10(12-14)13-20(17,18)9-2-4-19(15,16)5-3-9/h7,9H,2-5H2,1H3,(H,12,13). The van der Waals surface area contributed by atoms with Gasteiger partial charge in [0.25, 0.3) is 0 Å². The van der Waals surface area contributed by atoms with Crippen LogP contribution in [-0.4, -0.2) is 43.4 Å². The highest BCUT2D eigenvalue weighted by Gasteiger charge is 2.33. The van der Waals surface area contributed by atoms with Crippen LogP contribution < -0.4 is 4.72 Å². The highest BCUT2D eigenvalue weighted by Crippen LogP contribution is 2.22. The van der Waals surface area contributed by atoms with Crippen molar-refractivity contribution in [2.45, 2.75) is 18.1 Å². The molecule has 10 heteroatoms. The van der Waals surface area contributed by atoms with Crippen LogP contribution in [0.5, 0.6) is 0 Å². The van der Waals surface area contributed by atoms with Gasteiger partial charge in [0, 0.05) is 13.2 Å². The fraction of sp³-hybridized carbons (Fsp3) is 0.600. The zero-order valence-electron chi connectivity index (χ0n) is 10.8. The maximum atomic E-state index is 12.2. The average molecular weight is 318 g/mol. The number of hydrogen-bond donors (Lipinski definition) is 1. The van der Waals surface area contributed by atoms with E-state index in [0.717, 1.165) is 0 Å². The molecule has 0 atom stereocenters. The van der Waals surface area contributed by atoms with Gasteiger partial charge in [-0.15, -0.1) is 0 Å². The third-order valence-electron chi connectivity index (χ3n) is 3.13. The highest BCUT2D eigenvalue weighted by molar-refractivity contribution is 7.94. The zero-order valence-corrected chi connectivity index (χ0v) is 12.4. The minimum absolute atomic E-state index is 0.0246. The van der Waals surface area contributed by atoms with Crippen LogP contribution in [0.4, 0.5) is 5.82 Å². The van der Waals surface area contributed by atoms with E-state index in [2.05, 4.69) is 9.82 Å². The number of hydrogen-bond acceptors (Lipinski definition) is 6. The molecule has 1 aromatic rings. The number of nitrogens with zero attached hydrogens (tertiary/aromatic N) is 3. The topological polar surface area (TPSA) is 122 Å². The molecule has 1 aromatic heterocycles. The van der Waals surface area contributed by atoms with E-state index in [9.17, 15) is 16.8 Å². The van der Waals surface area contributed by atoms with Gasteiger partial charge in [0.05, 0.1) is 16.8 Å². The number of nitriles is 1. The Morgan fingerprint density at radius 1 is 1.45 bits per heavy atom. The summed E-state index contributed by atoms with van der Waals surface area (Å²) in [5.74, 6) is -0.291. The number of rotatable bonds is 3. The number of aryl methyl sites for hydroxylation is 1. The van der Waals surface area contributed by atoms with E-state index >= 15 is 0 Å². The van der Waals surface area contributed by atoms with Gasteiger partial charge in [0.1, 0.15) is 21.5 Å². The van der Waals surface area contributed by atoms with Crippen molar-refractivity contribution in [3.63, 3.8) is 0 Å². The highest BCUT2D eigenvalue weighted by atomic mass is 32.2. The average Bonchev–Trinajstić information content (AvgIpc) is 2.68. The fourth-order valence-electron chi connectivity index (χ4n) is 2.04. The fourth-order valence-corrected chi connectivity index (χ4v) is 5.28.